The number of rotatable bonds is 8. The lowest BCUT2D eigenvalue weighted by molar-refractivity contribution is -0.139. The van der Waals surface area contributed by atoms with Gasteiger partial charge >= 0.3 is 5.97 Å². The quantitative estimate of drug-likeness (QED) is 0.500. The van der Waals surface area contributed by atoms with E-state index in [0.29, 0.717) is 12.2 Å². The van der Waals surface area contributed by atoms with Crippen LogP contribution in [0.3, 0.4) is 0 Å². The Morgan fingerprint density at radius 2 is 1.69 bits per heavy atom. The fraction of sp³-hybridized carbons (Fsp3) is 0.737. The molecule has 0 heterocycles. The summed E-state index contributed by atoms with van der Waals surface area (Å²) >= 11 is 0. The number of nitrogens with zero attached hydrogens (tertiary/aromatic N) is 1. The van der Waals surface area contributed by atoms with E-state index in [1.165, 1.54) is 4.90 Å². The van der Waals surface area contributed by atoms with Gasteiger partial charge in [-0.15, -0.1) is 0 Å². The maximum atomic E-state index is 12.9. The van der Waals surface area contributed by atoms with Crippen molar-refractivity contribution in [3.8, 4) is 0 Å². The number of nitrogens with one attached hydrogen (secondary N) is 2. The molecule has 7 heteroatoms. The highest BCUT2D eigenvalue weighted by Gasteiger charge is 2.37. The zero-order valence-electron chi connectivity index (χ0n) is 17.6. The van der Waals surface area contributed by atoms with Gasteiger partial charge in [0.1, 0.15) is 6.04 Å². The molecule has 1 unspecified atom stereocenters. The highest BCUT2D eigenvalue weighted by atomic mass is 16.5. The maximum absolute atomic E-state index is 12.9. The number of esters is 1. The Morgan fingerprint density at radius 3 is 2.12 bits per heavy atom. The topological polar surface area (TPSA) is 87.7 Å². The standard InChI is InChI=1S/C19H35N3O4/c1-10-26-16(24)13(2)11-12-22(9)15(23)14(18(3,4)5)21-17(25)19(6,7)20-8/h11,14,20H,10,12H2,1-9H3,(H,21,25)/b13-11+. The van der Waals surface area contributed by atoms with E-state index in [9.17, 15) is 14.4 Å². The average Bonchev–Trinajstić information content (AvgIpc) is 2.55. The molecule has 7 nitrogen and oxygen atoms in total. The lowest BCUT2D eigenvalue weighted by Crippen LogP contribution is -2.60. The van der Waals surface area contributed by atoms with Crippen LogP contribution >= 0.6 is 0 Å². The zero-order valence-corrected chi connectivity index (χ0v) is 17.6. The maximum Gasteiger partial charge on any atom is 0.333 e. The number of amides is 2. The summed E-state index contributed by atoms with van der Waals surface area (Å²) in [7, 11) is 3.34. The minimum atomic E-state index is -0.789. The van der Waals surface area contributed by atoms with Crippen LogP contribution in [0.5, 0.6) is 0 Å². The van der Waals surface area contributed by atoms with E-state index in [4.69, 9.17) is 4.74 Å². The molecule has 0 aliphatic carbocycles. The summed E-state index contributed by atoms with van der Waals surface area (Å²) in [5.41, 5.74) is -0.813. The van der Waals surface area contributed by atoms with Crippen molar-refractivity contribution in [2.45, 2.75) is 60.0 Å². The zero-order chi connectivity index (χ0) is 20.7. The van der Waals surface area contributed by atoms with E-state index in [1.807, 2.05) is 20.8 Å². The molecule has 0 bridgehead atoms. The van der Waals surface area contributed by atoms with Crippen molar-refractivity contribution in [2.24, 2.45) is 5.41 Å². The first kappa shape index (κ1) is 24.1. The van der Waals surface area contributed by atoms with Gasteiger partial charge in [0.15, 0.2) is 0 Å². The lowest BCUT2D eigenvalue weighted by atomic mass is 9.85. The second-order valence-corrected chi connectivity index (χ2v) is 7.97. The van der Waals surface area contributed by atoms with Gasteiger partial charge in [-0.25, -0.2) is 4.79 Å². The molecule has 26 heavy (non-hydrogen) atoms. The molecule has 0 aromatic heterocycles. The summed E-state index contributed by atoms with van der Waals surface area (Å²) in [6.45, 7) is 13.1. The Kier molecular flexibility index (Phi) is 9.00. The summed E-state index contributed by atoms with van der Waals surface area (Å²) in [6.07, 6.45) is 1.65. The van der Waals surface area contributed by atoms with Gasteiger partial charge in [0.25, 0.3) is 0 Å². The van der Waals surface area contributed by atoms with E-state index in [-0.39, 0.29) is 18.4 Å². The molecule has 0 rings (SSSR count). The van der Waals surface area contributed by atoms with Crippen LogP contribution in [0.1, 0.15) is 48.5 Å². The van der Waals surface area contributed by atoms with Crippen LogP contribution in [0.4, 0.5) is 0 Å². The SMILES string of the molecule is CCOC(=O)/C(C)=C/CN(C)C(=O)C(NC(=O)C(C)(C)NC)C(C)(C)C. The van der Waals surface area contributed by atoms with Gasteiger partial charge in [0, 0.05) is 19.2 Å². The third kappa shape index (κ3) is 7.15. The van der Waals surface area contributed by atoms with Gasteiger partial charge in [-0.05, 0) is 40.2 Å². The molecule has 0 aliphatic heterocycles. The van der Waals surface area contributed by atoms with Crippen molar-refractivity contribution in [3.05, 3.63) is 11.6 Å². The van der Waals surface area contributed by atoms with Crippen molar-refractivity contribution >= 4 is 17.8 Å². The number of carbonyl (C=O) groups is 3. The predicted molar refractivity (Wildman–Crippen MR) is 103 cm³/mol. The van der Waals surface area contributed by atoms with E-state index in [2.05, 4.69) is 10.6 Å². The molecule has 2 N–H and O–H groups in total. The third-order valence-corrected chi connectivity index (χ3v) is 4.23. The second kappa shape index (κ2) is 9.71. The van der Waals surface area contributed by atoms with Crippen molar-refractivity contribution < 1.29 is 19.1 Å². The summed E-state index contributed by atoms with van der Waals surface area (Å²) in [4.78, 5) is 38.5. The molecule has 0 radical (unpaired) electrons. The van der Waals surface area contributed by atoms with Crippen molar-refractivity contribution in [2.75, 3.05) is 27.2 Å². The molecule has 0 saturated carbocycles. The number of carbonyl (C=O) groups excluding carboxylic acids is 3. The number of likely N-dealkylation sites (N-methyl/N-ethyl adjacent to an activating group) is 2. The Labute approximate surface area is 157 Å². The van der Waals surface area contributed by atoms with Crippen LogP contribution in [0, 0.1) is 5.41 Å². The first-order valence-electron chi connectivity index (χ1n) is 8.86. The third-order valence-electron chi connectivity index (χ3n) is 4.23. The van der Waals surface area contributed by atoms with Crippen molar-refractivity contribution in [1.29, 1.82) is 0 Å². The van der Waals surface area contributed by atoms with Crippen LogP contribution in [-0.4, -0.2) is 61.5 Å². The Hall–Kier alpha value is -1.89. The van der Waals surface area contributed by atoms with Gasteiger partial charge in [0.2, 0.25) is 11.8 Å². The molecular formula is C19H35N3O4. The normalized spacial score (nSPS) is 13.8. The van der Waals surface area contributed by atoms with Gasteiger partial charge in [-0.3, -0.25) is 9.59 Å². The van der Waals surface area contributed by atoms with Crippen molar-refractivity contribution in [1.82, 2.24) is 15.5 Å². The van der Waals surface area contributed by atoms with Gasteiger partial charge in [0.05, 0.1) is 12.1 Å². The fourth-order valence-corrected chi connectivity index (χ4v) is 1.99. The number of ether oxygens (including phenoxy) is 1. The molecule has 0 aliphatic rings. The highest BCUT2D eigenvalue weighted by molar-refractivity contribution is 5.92. The molecule has 0 saturated heterocycles. The van der Waals surface area contributed by atoms with Crippen LogP contribution < -0.4 is 10.6 Å². The molecule has 0 spiro atoms. The molecular weight excluding hydrogens is 334 g/mol. The molecule has 0 aromatic carbocycles. The van der Waals surface area contributed by atoms with Crippen molar-refractivity contribution in [3.63, 3.8) is 0 Å². The van der Waals surface area contributed by atoms with Gasteiger partial charge < -0.3 is 20.3 Å². The van der Waals surface area contributed by atoms with E-state index < -0.39 is 23.0 Å². The molecule has 1 atom stereocenters. The monoisotopic (exact) mass is 369 g/mol. The molecule has 2 amide bonds. The summed E-state index contributed by atoms with van der Waals surface area (Å²) < 4.78 is 4.93. The largest absolute Gasteiger partial charge is 0.463 e. The first-order chi connectivity index (χ1) is 11.8. The minimum absolute atomic E-state index is 0.217. The Morgan fingerprint density at radius 1 is 1.15 bits per heavy atom. The van der Waals surface area contributed by atoms with Crippen LogP contribution in [0.25, 0.3) is 0 Å². The highest BCUT2D eigenvalue weighted by Crippen LogP contribution is 2.22. The number of hydrogen-bond acceptors (Lipinski definition) is 5. The molecule has 0 aromatic rings. The Bertz CT molecular complexity index is 547. The smallest absolute Gasteiger partial charge is 0.333 e. The number of hydrogen-bond donors (Lipinski definition) is 2. The lowest BCUT2D eigenvalue weighted by Gasteiger charge is -2.35. The minimum Gasteiger partial charge on any atom is -0.463 e. The van der Waals surface area contributed by atoms with Gasteiger partial charge in [-0.1, -0.05) is 26.8 Å². The van der Waals surface area contributed by atoms with E-state index in [0.717, 1.165) is 0 Å². The second-order valence-electron chi connectivity index (χ2n) is 7.97. The first-order valence-corrected chi connectivity index (χ1v) is 8.86. The van der Waals surface area contributed by atoms with Gasteiger partial charge in [-0.2, -0.15) is 0 Å². The molecule has 150 valence electrons. The van der Waals surface area contributed by atoms with Crippen LogP contribution in [0.15, 0.2) is 11.6 Å². The van der Waals surface area contributed by atoms with E-state index >= 15 is 0 Å². The Balaban J connectivity index is 5.23. The summed E-state index contributed by atoms with van der Waals surface area (Å²) in [5.74, 6) is -0.865. The predicted octanol–water partition coefficient (Wildman–Crippen LogP) is 1.48. The fourth-order valence-electron chi connectivity index (χ4n) is 1.99. The summed E-state index contributed by atoms with van der Waals surface area (Å²) in [6, 6.07) is -0.691. The van der Waals surface area contributed by atoms with Crippen LogP contribution in [0.2, 0.25) is 0 Å². The van der Waals surface area contributed by atoms with Crippen LogP contribution in [-0.2, 0) is 19.1 Å². The molecule has 0 fully saturated rings. The summed E-state index contributed by atoms with van der Waals surface area (Å²) in [5, 5.41) is 5.79. The average molecular weight is 370 g/mol. The van der Waals surface area contributed by atoms with E-state index in [1.54, 1.807) is 47.9 Å².